The lowest BCUT2D eigenvalue weighted by atomic mass is 9.86. The molecule has 1 aliphatic rings. The smallest absolute Gasteiger partial charge is 0.220 e. The Bertz CT molecular complexity index is 690. The van der Waals surface area contributed by atoms with Crippen LogP contribution < -0.4 is 5.32 Å². The molecule has 2 atom stereocenters. The van der Waals surface area contributed by atoms with Gasteiger partial charge in [-0.15, -0.1) is 0 Å². The molecule has 0 aliphatic heterocycles. The molecule has 0 heterocycles. The van der Waals surface area contributed by atoms with Crippen molar-refractivity contribution in [2.45, 2.75) is 46.0 Å². The molecular weight excluding hydrogens is 302 g/mol. The van der Waals surface area contributed by atoms with Gasteiger partial charge in [0.15, 0.2) is 5.78 Å². The standard InChI is InChI=1S/C20H25NO3/c1-5-14-8-6-7-13(4)18(14)19-16(22)9-15(20(19)24)10-17(23)21-11-12(2)3/h6-8,15,19H,2,5,9-11H2,1,3-4H3,(H,21,23). The van der Waals surface area contributed by atoms with Crippen LogP contribution in [0.25, 0.3) is 0 Å². The van der Waals surface area contributed by atoms with E-state index in [0.29, 0.717) is 6.54 Å². The maximum atomic E-state index is 12.8. The summed E-state index contributed by atoms with van der Waals surface area (Å²) in [5, 5.41) is 2.73. The van der Waals surface area contributed by atoms with Crippen molar-refractivity contribution < 1.29 is 14.4 Å². The van der Waals surface area contributed by atoms with Gasteiger partial charge in [-0.25, -0.2) is 0 Å². The number of hydrogen-bond acceptors (Lipinski definition) is 3. The van der Waals surface area contributed by atoms with Gasteiger partial charge in [-0.1, -0.05) is 37.3 Å². The highest BCUT2D eigenvalue weighted by Crippen LogP contribution is 2.37. The van der Waals surface area contributed by atoms with Crippen LogP contribution in [0, 0.1) is 12.8 Å². The minimum atomic E-state index is -0.708. The van der Waals surface area contributed by atoms with Gasteiger partial charge in [0.05, 0.1) is 0 Å². The van der Waals surface area contributed by atoms with Crippen molar-refractivity contribution in [3.8, 4) is 0 Å². The third-order valence-corrected chi connectivity index (χ3v) is 4.56. The van der Waals surface area contributed by atoms with Gasteiger partial charge in [-0.2, -0.15) is 0 Å². The molecule has 4 nitrogen and oxygen atoms in total. The highest BCUT2D eigenvalue weighted by Gasteiger charge is 2.43. The first kappa shape index (κ1) is 18.1. The monoisotopic (exact) mass is 327 g/mol. The molecule has 2 rings (SSSR count). The van der Waals surface area contributed by atoms with Gasteiger partial charge in [0.2, 0.25) is 5.91 Å². The van der Waals surface area contributed by atoms with Crippen molar-refractivity contribution >= 4 is 17.5 Å². The molecule has 1 fully saturated rings. The van der Waals surface area contributed by atoms with Crippen LogP contribution in [0.3, 0.4) is 0 Å². The van der Waals surface area contributed by atoms with Crippen LogP contribution in [0.2, 0.25) is 0 Å². The van der Waals surface area contributed by atoms with E-state index >= 15 is 0 Å². The topological polar surface area (TPSA) is 63.2 Å². The first-order valence-corrected chi connectivity index (χ1v) is 8.41. The summed E-state index contributed by atoms with van der Waals surface area (Å²) in [5.41, 5.74) is 3.70. The van der Waals surface area contributed by atoms with E-state index in [1.165, 1.54) is 0 Å². The molecule has 1 N–H and O–H groups in total. The van der Waals surface area contributed by atoms with Gasteiger partial charge in [0.1, 0.15) is 11.7 Å². The summed E-state index contributed by atoms with van der Waals surface area (Å²) >= 11 is 0. The zero-order chi connectivity index (χ0) is 17.9. The summed E-state index contributed by atoms with van der Waals surface area (Å²) in [6, 6.07) is 5.85. The zero-order valence-electron chi connectivity index (χ0n) is 14.6. The molecule has 1 aliphatic carbocycles. The first-order chi connectivity index (χ1) is 11.3. The number of amides is 1. The quantitative estimate of drug-likeness (QED) is 0.645. The van der Waals surface area contributed by atoms with E-state index in [2.05, 4.69) is 11.9 Å². The van der Waals surface area contributed by atoms with Crippen molar-refractivity contribution in [3.63, 3.8) is 0 Å². The first-order valence-electron chi connectivity index (χ1n) is 8.41. The predicted octanol–water partition coefficient (Wildman–Crippen LogP) is 2.88. The fourth-order valence-electron chi connectivity index (χ4n) is 3.34. The fourth-order valence-corrected chi connectivity index (χ4v) is 3.34. The van der Waals surface area contributed by atoms with Crippen molar-refractivity contribution in [2.24, 2.45) is 5.92 Å². The Labute approximate surface area is 143 Å². The van der Waals surface area contributed by atoms with E-state index < -0.39 is 11.8 Å². The molecule has 24 heavy (non-hydrogen) atoms. The molecule has 0 aromatic heterocycles. The Hall–Kier alpha value is -2.23. The second-order valence-electron chi connectivity index (χ2n) is 6.64. The molecule has 0 radical (unpaired) electrons. The van der Waals surface area contributed by atoms with Crippen LogP contribution in [-0.2, 0) is 20.8 Å². The molecule has 0 bridgehead atoms. The number of Topliss-reactive ketones (excluding diaryl/α,β-unsaturated/α-hetero) is 2. The third-order valence-electron chi connectivity index (χ3n) is 4.56. The second kappa shape index (κ2) is 7.56. The van der Waals surface area contributed by atoms with E-state index in [-0.39, 0.29) is 30.3 Å². The van der Waals surface area contributed by atoms with Crippen molar-refractivity contribution in [3.05, 3.63) is 47.0 Å². The van der Waals surface area contributed by atoms with Gasteiger partial charge in [-0.3, -0.25) is 14.4 Å². The van der Waals surface area contributed by atoms with Crippen LogP contribution in [0.15, 0.2) is 30.4 Å². The Morgan fingerprint density at radius 2 is 2.04 bits per heavy atom. The van der Waals surface area contributed by atoms with Crippen LogP contribution in [0.4, 0.5) is 0 Å². The average molecular weight is 327 g/mol. The van der Waals surface area contributed by atoms with Gasteiger partial charge in [-0.05, 0) is 37.0 Å². The largest absolute Gasteiger partial charge is 0.352 e. The minimum Gasteiger partial charge on any atom is -0.352 e. The SMILES string of the molecule is C=C(C)CNC(=O)CC1CC(=O)C(c2c(C)cccc2CC)C1=O. The summed E-state index contributed by atoms with van der Waals surface area (Å²) in [6.07, 6.45) is 1.00. The lowest BCUT2D eigenvalue weighted by molar-refractivity contribution is -0.128. The van der Waals surface area contributed by atoms with E-state index in [9.17, 15) is 14.4 Å². The van der Waals surface area contributed by atoms with Gasteiger partial charge < -0.3 is 5.32 Å². The molecule has 1 saturated carbocycles. The second-order valence-corrected chi connectivity index (χ2v) is 6.64. The predicted molar refractivity (Wildman–Crippen MR) is 93.9 cm³/mol. The fraction of sp³-hybridized carbons (Fsp3) is 0.450. The van der Waals surface area contributed by atoms with E-state index in [4.69, 9.17) is 0 Å². The number of ketones is 2. The van der Waals surface area contributed by atoms with Gasteiger partial charge in [0, 0.05) is 25.3 Å². The molecule has 128 valence electrons. The van der Waals surface area contributed by atoms with Gasteiger partial charge in [0.25, 0.3) is 0 Å². The maximum absolute atomic E-state index is 12.8. The number of hydrogen-bond donors (Lipinski definition) is 1. The highest BCUT2D eigenvalue weighted by atomic mass is 16.2. The number of nitrogens with one attached hydrogen (secondary N) is 1. The lowest BCUT2D eigenvalue weighted by Gasteiger charge is -2.16. The summed E-state index contributed by atoms with van der Waals surface area (Å²) in [6.45, 7) is 9.90. The van der Waals surface area contributed by atoms with Crippen LogP contribution in [0.1, 0.15) is 49.3 Å². The number of carbonyl (C=O) groups excluding carboxylic acids is 3. The Kier molecular flexibility index (Phi) is 5.71. The van der Waals surface area contributed by atoms with E-state index in [1.54, 1.807) is 0 Å². The number of benzene rings is 1. The normalized spacial score (nSPS) is 20.3. The summed E-state index contributed by atoms with van der Waals surface area (Å²) in [7, 11) is 0. The van der Waals surface area contributed by atoms with E-state index in [1.807, 2.05) is 39.0 Å². The molecule has 1 amide bonds. The molecule has 2 unspecified atom stereocenters. The Morgan fingerprint density at radius 3 is 2.67 bits per heavy atom. The van der Waals surface area contributed by atoms with Crippen molar-refractivity contribution in [1.82, 2.24) is 5.32 Å². The Morgan fingerprint density at radius 1 is 1.33 bits per heavy atom. The van der Waals surface area contributed by atoms with Crippen LogP contribution in [-0.4, -0.2) is 24.0 Å². The summed E-state index contributed by atoms with van der Waals surface area (Å²) < 4.78 is 0. The third kappa shape index (κ3) is 3.81. The zero-order valence-corrected chi connectivity index (χ0v) is 14.6. The van der Waals surface area contributed by atoms with E-state index in [0.717, 1.165) is 28.7 Å². The lowest BCUT2D eigenvalue weighted by Crippen LogP contribution is -2.28. The molecule has 0 saturated heterocycles. The summed E-state index contributed by atoms with van der Waals surface area (Å²) in [5.74, 6) is -1.61. The molecule has 0 spiro atoms. The van der Waals surface area contributed by atoms with Crippen LogP contribution in [0.5, 0.6) is 0 Å². The number of carbonyl (C=O) groups is 3. The Balaban J connectivity index is 2.18. The molecule has 1 aromatic rings. The average Bonchev–Trinajstić information content (AvgIpc) is 2.79. The molecule has 1 aromatic carbocycles. The maximum Gasteiger partial charge on any atom is 0.220 e. The molecular formula is C20H25NO3. The van der Waals surface area contributed by atoms with Crippen molar-refractivity contribution in [2.75, 3.05) is 6.54 Å². The highest BCUT2D eigenvalue weighted by molar-refractivity contribution is 6.15. The number of rotatable bonds is 6. The summed E-state index contributed by atoms with van der Waals surface area (Å²) in [4.78, 5) is 37.3. The van der Waals surface area contributed by atoms with Crippen molar-refractivity contribution in [1.29, 1.82) is 0 Å². The number of aryl methyl sites for hydroxylation is 2. The molecule has 4 heteroatoms. The minimum absolute atomic E-state index is 0.0679. The van der Waals surface area contributed by atoms with Crippen LogP contribution >= 0.6 is 0 Å². The van der Waals surface area contributed by atoms with Gasteiger partial charge >= 0.3 is 0 Å².